The monoisotopic (exact) mass is 436 g/mol. The molecular weight excluding hydrogens is 416 g/mol. The van der Waals surface area contributed by atoms with Crippen LogP contribution >= 0.6 is 0 Å². The number of carbonyl (C=O) groups excluding carboxylic acids is 1. The molecule has 0 spiro atoms. The number of rotatable bonds is 6. The average molecular weight is 436 g/mol. The van der Waals surface area contributed by atoms with E-state index in [1.54, 1.807) is 59.5 Å². The van der Waals surface area contributed by atoms with Gasteiger partial charge in [0.25, 0.3) is 0 Å². The summed E-state index contributed by atoms with van der Waals surface area (Å²) in [6.07, 6.45) is 2.83. The number of hydrogen-bond donors (Lipinski definition) is 0. The SMILES string of the molecule is COC(=O)c1ccc(N(C)c2ncnc3c2ccn3S(=O)(=O)Cc2ccccc2)cc1. The van der Waals surface area contributed by atoms with Crippen LogP contribution in [0.25, 0.3) is 11.0 Å². The first kappa shape index (κ1) is 20.5. The van der Waals surface area contributed by atoms with Gasteiger partial charge in [0.2, 0.25) is 10.0 Å². The third-order valence-corrected chi connectivity index (χ3v) is 6.50. The zero-order chi connectivity index (χ0) is 22.0. The molecule has 4 aromatic rings. The van der Waals surface area contributed by atoms with E-state index >= 15 is 0 Å². The first-order chi connectivity index (χ1) is 14.9. The number of hydrogen-bond acceptors (Lipinski definition) is 7. The van der Waals surface area contributed by atoms with Crippen LogP contribution in [0.3, 0.4) is 0 Å². The maximum atomic E-state index is 13.0. The summed E-state index contributed by atoms with van der Waals surface area (Å²) < 4.78 is 31.9. The quantitative estimate of drug-likeness (QED) is 0.428. The second kappa shape index (κ2) is 8.19. The minimum absolute atomic E-state index is 0.137. The number of benzene rings is 2. The lowest BCUT2D eigenvalue weighted by atomic mass is 10.2. The Bertz CT molecular complexity index is 1330. The summed E-state index contributed by atoms with van der Waals surface area (Å²) in [6.45, 7) is 0. The van der Waals surface area contributed by atoms with Crippen LogP contribution in [0.15, 0.2) is 73.2 Å². The minimum atomic E-state index is -3.67. The van der Waals surface area contributed by atoms with Gasteiger partial charge in [-0.2, -0.15) is 0 Å². The van der Waals surface area contributed by atoms with Crippen molar-refractivity contribution in [1.82, 2.24) is 13.9 Å². The summed E-state index contributed by atoms with van der Waals surface area (Å²) in [4.78, 5) is 22.0. The van der Waals surface area contributed by atoms with Crippen LogP contribution in [0.4, 0.5) is 11.5 Å². The van der Waals surface area contributed by atoms with Crippen molar-refractivity contribution in [1.29, 1.82) is 0 Å². The third kappa shape index (κ3) is 3.99. The number of methoxy groups -OCH3 is 1. The highest BCUT2D eigenvalue weighted by molar-refractivity contribution is 7.89. The molecule has 31 heavy (non-hydrogen) atoms. The molecular formula is C22H20N4O4S. The van der Waals surface area contributed by atoms with E-state index in [1.165, 1.54) is 23.6 Å². The van der Waals surface area contributed by atoms with E-state index in [0.717, 1.165) is 5.69 Å². The predicted octanol–water partition coefficient (Wildman–Crippen LogP) is 3.36. The van der Waals surface area contributed by atoms with Gasteiger partial charge >= 0.3 is 5.97 Å². The molecule has 158 valence electrons. The van der Waals surface area contributed by atoms with Crippen LogP contribution in [-0.4, -0.2) is 42.5 Å². The van der Waals surface area contributed by atoms with Crippen molar-refractivity contribution in [2.45, 2.75) is 5.75 Å². The van der Waals surface area contributed by atoms with Crippen LogP contribution in [0, 0.1) is 0 Å². The fourth-order valence-electron chi connectivity index (χ4n) is 3.32. The Morgan fingerprint density at radius 2 is 1.74 bits per heavy atom. The van der Waals surface area contributed by atoms with Crippen molar-refractivity contribution in [3.05, 3.63) is 84.3 Å². The molecule has 0 bridgehead atoms. The van der Waals surface area contributed by atoms with Gasteiger partial charge < -0.3 is 9.64 Å². The molecule has 0 atom stereocenters. The van der Waals surface area contributed by atoms with Gasteiger partial charge in [-0.15, -0.1) is 0 Å². The first-order valence-electron chi connectivity index (χ1n) is 9.42. The highest BCUT2D eigenvalue weighted by Gasteiger charge is 2.21. The number of esters is 1. The normalized spacial score (nSPS) is 11.4. The molecule has 0 fully saturated rings. The van der Waals surface area contributed by atoms with Gasteiger partial charge in [0, 0.05) is 18.9 Å². The lowest BCUT2D eigenvalue weighted by Gasteiger charge is -2.19. The van der Waals surface area contributed by atoms with Crippen LogP contribution in [0.2, 0.25) is 0 Å². The molecule has 0 aliphatic carbocycles. The molecule has 0 radical (unpaired) electrons. The topological polar surface area (TPSA) is 94.4 Å². The molecule has 0 unspecified atom stereocenters. The molecule has 2 aromatic carbocycles. The van der Waals surface area contributed by atoms with Crippen molar-refractivity contribution in [3.8, 4) is 0 Å². The van der Waals surface area contributed by atoms with Gasteiger partial charge in [0.05, 0.1) is 23.8 Å². The van der Waals surface area contributed by atoms with Crippen LogP contribution in [0.5, 0.6) is 0 Å². The average Bonchev–Trinajstić information content (AvgIpc) is 3.24. The summed E-state index contributed by atoms with van der Waals surface area (Å²) >= 11 is 0. The predicted molar refractivity (Wildman–Crippen MR) is 118 cm³/mol. The molecule has 0 aliphatic heterocycles. The number of fused-ring (bicyclic) bond motifs is 1. The number of carbonyl (C=O) groups is 1. The minimum Gasteiger partial charge on any atom is -0.465 e. The van der Waals surface area contributed by atoms with Gasteiger partial charge in [-0.25, -0.2) is 27.2 Å². The molecule has 8 nitrogen and oxygen atoms in total. The fourth-order valence-corrected chi connectivity index (χ4v) is 4.73. The number of ether oxygens (including phenoxy) is 1. The zero-order valence-corrected chi connectivity index (χ0v) is 17.8. The van der Waals surface area contributed by atoms with Gasteiger partial charge in [0.1, 0.15) is 12.1 Å². The maximum Gasteiger partial charge on any atom is 0.337 e. The Morgan fingerprint density at radius 1 is 1.03 bits per heavy atom. The summed E-state index contributed by atoms with van der Waals surface area (Å²) in [5.41, 5.74) is 2.21. The highest BCUT2D eigenvalue weighted by Crippen LogP contribution is 2.30. The van der Waals surface area contributed by atoms with E-state index in [1.807, 2.05) is 13.1 Å². The number of anilines is 2. The third-order valence-electron chi connectivity index (χ3n) is 4.91. The van der Waals surface area contributed by atoms with Crippen molar-refractivity contribution >= 4 is 38.5 Å². The summed E-state index contributed by atoms with van der Waals surface area (Å²) in [5, 5.41) is 0.596. The van der Waals surface area contributed by atoms with E-state index in [-0.39, 0.29) is 5.75 Å². The van der Waals surface area contributed by atoms with Crippen molar-refractivity contribution in [3.63, 3.8) is 0 Å². The van der Waals surface area contributed by atoms with E-state index < -0.39 is 16.0 Å². The van der Waals surface area contributed by atoms with Gasteiger partial charge in [-0.05, 0) is 35.9 Å². The Kier molecular flexibility index (Phi) is 5.43. The van der Waals surface area contributed by atoms with Gasteiger partial charge in [-0.1, -0.05) is 30.3 Å². The van der Waals surface area contributed by atoms with Gasteiger partial charge in [-0.3, -0.25) is 0 Å². The Labute approximate surface area is 179 Å². The molecule has 2 heterocycles. The van der Waals surface area contributed by atoms with Crippen molar-refractivity contribution < 1.29 is 17.9 Å². The molecule has 0 aliphatic rings. The van der Waals surface area contributed by atoms with E-state index in [2.05, 4.69) is 9.97 Å². The molecule has 4 rings (SSSR count). The lowest BCUT2D eigenvalue weighted by molar-refractivity contribution is 0.0600. The van der Waals surface area contributed by atoms with E-state index in [0.29, 0.717) is 28.0 Å². The van der Waals surface area contributed by atoms with Crippen molar-refractivity contribution in [2.75, 3.05) is 19.1 Å². The highest BCUT2D eigenvalue weighted by atomic mass is 32.2. The summed E-state index contributed by atoms with van der Waals surface area (Å²) in [7, 11) is -0.525. The van der Waals surface area contributed by atoms with Crippen LogP contribution in [-0.2, 0) is 20.5 Å². The zero-order valence-electron chi connectivity index (χ0n) is 17.0. The van der Waals surface area contributed by atoms with E-state index in [9.17, 15) is 13.2 Å². The molecule has 9 heteroatoms. The lowest BCUT2D eigenvalue weighted by Crippen LogP contribution is -2.16. The Hall–Kier alpha value is -3.72. The second-order valence-electron chi connectivity index (χ2n) is 6.89. The molecule has 0 saturated heterocycles. The first-order valence-corrected chi connectivity index (χ1v) is 11.0. The summed E-state index contributed by atoms with van der Waals surface area (Å²) in [5.74, 6) is -0.00859. The van der Waals surface area contributed by atoms with E-state index in [4.69, 9.17) is 4.74 Å². The number of aromatic nitrogens is 3. The van der Waals surface area contributed by atoms with Gasteiger partial charge in [0.15, 0.2) is 5.65 Å². The largest absolute Gasteiger partial charge is 0.465 e. The Balaban J connectivity index is 1.69. The van der Waals surface area contributed by atoms with Crippen LogP contribution in [0.1, 0.15) is 15.9 Å². The fraction of sp³-hybridized carbons (Fsp3) is 0.136. The Morgan fingerprint density at radius 3 is 2.42 bits per heavy atom. The summed E-state index contributed by atoms with van der Waals surface area (Å²) in [6, 6.07) is 17.5. The standard InChI is InChI=1S/C22H20N4O4S/c1-25(18-10-8-17(9-11-18)22(27)30-2)20-19-12-13-26(21(19)24-15-23-20)31(28,29)14-16-6-4-3-5-7-16/h3-13,15H,14H2,1-2H3. The van der Waals surface area contributed by atoms with Crippen molar-refractivity contribution in [2.24, 2.45) is 0 Å². The second-order valence-corrected chi connectivity index (χ2v) is 8.73. The smallest absolute Gasteiger partial charge is 0.337 e. The molecule has 0 amide bonds. The molecule has 0 saturated carbocycles. The number of nitrogens with zero attached hydrogens (tertiary/aromatic N) is 4. The maximum absolute atomic E-state index is 13.0. The molecule has 2 aromatic heterocycles. The molecule has 0 N–H and O–H groups in total. The van der Waals surface area contributed by atoms with Crippen LogP contribution < -0.4 is 4.90 Å².